The molecule has 2 N–H and O–H groups in total. The standard InChI is InChI=1S/C15H10F5NO2/c16-7-4-10(19)14(11(20)5-7)15(23)21-6-12(22)13-8(17)2-1-3-9(13)18/h1-5,12,22H,6H2,(H,21,23). The van der Waals surface area contributed by atoms with Gasteiger partial charge in [-0.15, -0.1) is 0 Å². The minimum absolute atomic E-state index is 0.310. The van der Waals surface area contributed by atoms with E-state index >= 15 is 0 Å². The van der Waals surface area contributed by atoms with Crippen LogP contribution >= 0.6 is 0 Å². The Balaban J connectivity index is 2.14. The van der Waals surface area contributed by atoms with Crippen molar-refractivity contribution in [3.05, 3.63) is 70.5 Å². The van der Waals surface area contributed by atoms with Gasteiger partial charge in [0.2, 0.25) is 0 Å². The zero-order chi connectivity index (χ0) is 17.1. The Morgan fingerprint density at radius 2 is 1.52 bits per heavy atom. The summed E-state index contributed by atoms with van der Waals surface area (Å²) in [5.74, 6) is -7.45. The third-order valence-electron chi connectivity index (χ3n) is 3.02. The first kappa shape index (κ1) is 16.9. The maximum Gasteiger partial charge on any atom is 0.257 e. The quantitative estimate of drug-likeness (QED) is 0.847. The molecule has 2 aromatic carbocycles. The van der Waals surface area contributed by atoms with E-state index in [1.807, 2.05) is 5.32 Å². The van der Waals surface area contributed by atoms with Gasteiger partial charge in [-0.25, -0.2) is 22.0 Å². The van der Waals surface area contributed by atoms with Crippen LogP contribution in [-0.4, -0.2) is 17.6 Å². The first-order chi connectivity index (χ1) is 10.8. The summed E-state index contributed by atoms with van der Waals surface area (Å²) in [7, 11) is 0. The molecule has 0 saturated carbocycles. The van der Waals surface area contributed by atoms with Crippen molar-refractivity contribution in [1.29, 1.82) is 0 Å². The SMILES string of the molecule is O=C(NCC(O)c1c(F)cccc1F)c1c(F)cc(F)cc1F. The van der Waals surface area contributed by atoms with Crippen molar-refractivity contribution in [3.8, 4) is 0 Å². The molecule has 0 aliphatic heterocycles. The van der Waals surface area contributed by atoms with Crippen LogP contribution in [0.2, 0.25) is 0 Å². The molecular weight excluding hydrogens is 321 g/mol. The summed E-state index contributed by atoms with van der Waals surface area (Å²) in [5.41, 5.74) is -1.75. The number of hydrogen-bond donors (Lipinski definition) is 2. The van der Waals surface area contributed by atoms with Gasteiger partial charge in [0.15, 0.2) is 0 Å². The van der Waals surface area contributed by atoms with Gasteiger partial charge in [-0.05, 0) is 12.1 Å². The Labute approximate surface area is 127 Å². The number of carbonyl (C=O) groups is 1. The van der Waals surface area contributed by atoms with Crippen LogP contribution < -0.4 is 5.32 Å². The summed E-state index contributed by atoms with van der Waals surface area (Å²) in [6, 6.07) is 3.52. The topological polar surface area (TPSA) is 49.3 Å². The highest BCUT2D eigenvalue weighted by Crippen LogP contribution is 2.20. The third-order valence-corrected chi connectivity index (χ3v) is 3.02. The molecule has 0 heterocycles. The molecule has 1 amide bonds. The summed E-state index contributed by atoms with van der Waals surface area (Å²) in [5, 5.41) is 11.6. The highest BCUT2D eigenvalue weighted by molar-refractivity contribution is 5.94. The van der Waals surface area contributed by atoms with Crippen molar-refractivity contribution in [2.24, 2.45) is 0 Å². The second kappa shape index (κ2) is 6.74. The average Bonchev–Trinajstić information content (AvgIpc) is 2.43. The Morgan fingerprint density at radius 1 is 1.00 bits per heavy atom. The zero-order valence-corrected chi connectivity index (χ0v) is 11.4. The summed E-state index contributed by atoms with van der Waals surface area (Å²) < 4.78 is 66.5. The van der Waals surface area contributed by atoms with Gasteiger partial charge in [-0.2, -0.15) is 0 Å². The highest BCUT2D eigenvalue weighted by atomic mass is 19.2. The van der Waals surface area contributed by atoms with Gasteiger partial charge in [0.25, 0.3) is 5.91 Å². The van der Waals surface area contributed by atoms with Gasteiger partial charge in [0.1, 0.15) is 40.8 Å². The predicted octanol–water partition coefficient (Wildman–Crippen LogP) is 2.85. The van der Waals surface area contributed by atoms with Gasteiger partial charge >= 0.3 is 0 Å². The van der Waals surface area contributed by atoms with Crippen LogP contribution in [0.25, 0.3) is 0 Å². The molecule has 3 nitrogen and oxygen atoms in total. The van der Waals surface area contributed by atoms with E-state index in [-0.39, 0.29) is 0 Å². The van der Waals surface area contributed by atoms with Crippen LogP contribution in [0.3, 0.4) is 0 Å². The predicted molar refractivity (Wildman–Crippen MR) is 70.0 cm³/mol. The molecular formula is C15H10F5NO2. The van der Waals surface area contributed by atoms with Gasteiger partial charge in [-0.1, -0.05) is 6.07 Å². The molecule has 1 unspecified atom stereocenters. The minimum Gasteiger partial charge on any atom is -0.386 e. The number of hydrogen-bond acceptors (Lipinski definition) is 2. The second-order valence-corrected chi connectivity index (χ2v) is 4.61. The van der Waals surface area contributed by atoms with Gasteiger partial charge in [0.05, 0.1) is 5.56 Å². The molecule has 2 aromatic rings. The number of rotatable bonds is 4. The Bertz CT molecular complexity index is 707. The highest BCUT2D eigenvalue weighted by Gasteiger charge is 2.22. The largest absolute Gasteiger partial charge is 0.386 e. The Hall–Kier alpha value is -2.48. The lowest BCUT2D eigenvalue weighted by molar-refractivity contribution is 0.0903. The normalized spacial score (nSPS) is 12.1. The minimum atomic E-state index is -1.77. The molecule has 0 fully saturated rings. The van der Waals surface area contributed by atoms with Gasteiger partial charge in [0, 0.05) is 18.7 Å². The monoisotopic (exact) mass is 331 g/mol. The molecule has 1 atom stereocenters. The van der Waals surface area contributed by atoms with Crippen molar-refractivity contribution in [2.45, 2.75) is 6.10 Å². The van der Waals surface area contributed by atoms with E-state index in [2.05, 4.69) is 0 Å². The molecule has 2 rings (SSSR count). The lowest BCUT2D eigenvalue weighted by atomic mass is 10.1. The molecule has 0 aliphatic rings. The van der Waals surface area contributed by atoms with Crippen LogP contribution in [0.4, 0.5) is 22.0 Å². The number of aliphatic hydroxyl groups excluding tert-OH is 1. The fourth-order valence-corrected chi connectivity index (χ4v) is 1.97. The summed E-state index contributed by atoms with van der Waals surface area (Å²) in [6.45, 7) is -0.701. The van der Waals surface area contributed by atoms with E-state index in [9.17, 15) is 31.9 Å². The number of nitrogens with one attached hydrogen (secondary N) is 1. The summed E-state index contributed by atoms with van der Waals surface area (Å²) in [6.07, 6.45) is -1.77. The number of benzene rings is 2. The molecule has 0 spiro atoms. The fraction of sp³-hybridized carbons (Fsp3) is 0.133. The molecule has 0 aliphatic carbocycles. The van der Waals surface area contributed by atoms with Crippen molar-refractivity contribution in [3.63, 3.8) is 0 Å². The smallest absolute Gasteiger partial charge is 0.257 e. The molecule has 8 heteroatoms. The molecule has 0 aromatic heterocycles. The van der Waals surface area contributed by atoms with Crippen molar-refractivity contribution >= 4 is 5.91 Å². The van der Waals surface area contributed by atoms with E-state index in [4.69, 9.17) is 0 Å². The maximum absolute atomic E-state index is 13.4. The van der Waals surface area contributed by atoms with Gasteiger partial charge in [-0.3, -0.25) is 4.79 Å². The Morgan fingerprint density at radius 3 is 2.04 bits per heavy atom. The molecule has 0 saturated heterocycles. The van der Waals surface area contributed by atoms with Crippen LogP contribution in [0.1, 0.15) is 22.0 Å². The first-order valence-corrected chi connectivity index (χ1v) is 6.36. The zero-order valence-electron chi connectivity index (χ0n) is 11.4. The average molecular weight is 331 g/mol. The van der Waals surface area contributed by atoms with E-state index < -0.39 is 58.8 Å². The van der Waals surface area contributed by atoms with Crippen LogP contribution in [0.15, 0.2) is 30.3 Å². The summed E-state index contributed by atoms with van der Waals surface area (Å²) in [4.78, 5) is 11.7. The molecule has 0 bridgehead atoms. The van der Waals surface area contributed by atoms with E-state index in [0.29, 0.717) is 12.1 Å². The number of carbonyl (C=O) groups excluding carboxylic acids is 1. The molecule has 122 valence electrons. The second-order valence-electron chi connectivity index (χ2n) is 4.61. The Kier molecular flexibility index (Phi) is 4.95. The van der Waals surface area contributed by atoms with E-state index in [0.717, 1.165) is 18.2 Å². The lowest BCUT2D eigenvalue weighted by Crippen LogP contribution is -2.30. The summed E-state index contributed by atoms with van der Waals surface area (Å²) >= 11 is 0. The number of halogens is 5. The third kappa shape index (κ3) is 3.65. The first-order valence-electron chi connectivity index (χ1n) is 6.36. The van der Waals surface area contributed by atoms with E-state index in [1.54, 1.807) is 0 Å². The molecule has 23 heavy (non-hydrogen) atoms. The van der Waals surface area contributed by atoms with Gasteiger partial charge < -0.3 is 10.4 Å². The van der Waals surface area contributed by atoms with Crippen molar-refractivity contribution in [2.75, 3.05) is 6.54 Å². The lowest BCUT2D eigenvalue weighted by Gasteiger charge is -2.14. The maximum atomic E-state index is 13.4. The van der Waals surface area contributed by atoms with Crippen LogP contribution in [0.5, 0.6) is 0 Å². The van der Waals surface area contributed by atoms with Crippen LogP contribution in [0, 0.1) is 29.1 Å². The molecule has 0 radical (unpaired) electrons. The van der Waals surface area contributed by atoms with Crippen molar-refractivity contribution in [1.82, 2.24) is 5.32 Å². The number of aliphatic hydroxyl groups is 1. The fourth-order valence-electron chi connectivity index (χ4n) is 1.97. The van der Waals surface area contributed by atoms with Crippen LogP contribution in [-0.2, 0) is 0 Å². The number of amides is 1. The van der Waals surface area contributed by atoms with Crippen molar-refractivity contribution < 1.29 is 31.9 Å². The van der Waals surface area contributed by atoms with E-state index in [1.165, 1.54) is 0 Å².